The van der Waals surface area contributed by atoms with E-state index in [9.17, 15) is 24.3 Å². The van der Waals surface area contributed by atoms with Gasteiger partial charge in [0.2, 0.25) is 11.8 Å². The van der Waals surface area contributed by atoms with Gasteiger partial charge >= 0.3 is 11.9 Å². The number of amides is 2. The minimum atomic E-state index is -0.845. The molecular weight excluding hydrogens is 560 g/mol. The summed E-state index contributed by atoms with van der Waals surface area (Å²) in [6, 6.07) is 18.4. The molecule has 44 heavy (non-hydrogen) atoms. The summed E-state index contributed by atoms with van der Waals surface area (Å²) >= 11 is 0. The van der Waals surface area contributed by atoms with Crippen LogP contribution >= 0.6 is 0 Å². The van der Waals surface area contributed by atoms with Gasteiger partial charge in [-0.2, -0.15) is 0 Å². The molecule has 0 radical (unpaired) electrons. The minimum Gasteiger partial charge on any atom is -0.460 e. The molecule has 3 atom stereocenters. The monoisotopic (exact) mass is 606 g/mol. The maximum Gasteiger partial charge on any atom is 0.310 e. The molecule has 2 N–H and O–H groups in total. The van der Waals surface area contributed by atoms with E-state index in [1.807, 2.05) is 36.4 Å². The molecule has 0 aliphatic heterocycles. The van der Waals surface area contributed by atoms with E-state index in [2.05, 4.69) is 18.5 Å². The van der Waals surface area contributed by atoms with Crippen molar-refractivity contribution in [3.8, 4) is 0 Å². The summed E-state index contributed by atoms with van der Waals surface area (Å²) in [5, 5.41) is 12.4. The van der Waals surface area contributed by atoms with Crippen LogP contribution < -0.4 is 5.32 Å². The highest BCUT2D eigenvalue weighted by Crippen LogP contribution is 2.23. The number of esters is 2. The summed E-state index contributed by atoms with van der Waals surface area (Å²) < 4.78 is 11.2. The lowest BCUT2D eigenvalue weighted by atomic mass is 9.98. The molecule has 0 bridgehead atoms. The number of ether oxygens (including phenoxy) is 2. The zero-order valence-electron chi connectivity index (χ0n) is 26.1. The molecule has 9 nitrogen and oxygen atoms in total. The largest absolute Gasteiger partial charge is 0.460 e. The number of allylic oxidation sites excluding steroid dienone is 2. The Hall–Kier alpha value is -4.24. The predicted molar refractivity (Wildman–Crippen MR) is 169 cm³/mol. The summed E-state index contributed by atoms with van der Waals surface area (Å²) in [5.41, 5.74) is 0.869. The number of aliphatic hydroxyl groups excluding tert-OH is 1. The van der Waals surface area contributed by atoms with Gasteiger partial charge in [0, 0.05) is 19.5 Å². The van der Waals surface area contributed by atoms with Crippen LogP contribution in [0.1, 0.15) is 63.7 Å². The lowest BCUT2D eigenvalue weighted by Gasteiger charge is -2.26. The first-order valence-electron chi connectivity index (χ1n) is 14.9. The van der Waals surface area contributed by atoms with Crippen molar-refractivity contribution in [1.82, 2.24) is 10.2 Å². The maximum absolute atomic E-state index is 13.3. The first-order chi connectivity index (χ1) is 21.0. The number of hydrogen-bond donors (Lipinski definition) is 2. The molecule has 0 aliphatic carbocycles. The second-order valence-electron chi connectivity index (χ2n) is 11.5. The molecule has 0 saturated carbocycles. The summed E-state index contributed by atoms with van der Waals surface area (Å²) in [7, 11) is 0. The zero-order valence-corrected chi connectivity index (χ0v) is 26.1. The standard InChI is InChI=1S/C35H46N2O7/c1-6-14-28(22-31(39)37(20-21-38)25-26-16-10-8-11-17-26)33(41)36-24-30(27-18-12-9-13-19-27)43-34(42)29(15-7-2)23-32(40)44-35(3,4)5/h6-13,16-19,28-30,38H,1-2,14-15,20-25H2,3-5H3,(H,36,41)/t28-,29-,30-/m0/s1. The van der Waals surface area contributed by atoms with Crippen molar-refractivity contribution < 1.29 is 33.8 Å². The van der Waals surface area contributed by atoms with Crippen LogP contribution in [0.25, 0.3) is 0 Å². The van der Waals surface area contributed by atoms with Crippen molar-refractivity contribution in [2.24, 2.45) is 11.8 Å². The number of aliphatic hydroxyl groups is 1. The van der Waals surface area contributed by atoms with Crippen LogP contribution in [0.2, 0.25) is 0 Å². The highest BCUT2D eigenvalue weighted by Gasteiger charge is 2.30. The number of benzene rings is 2. The van der Waals surface area contributed by atoms with E-state index in [1.165, 1.54) is 4.90 Å². The van der Waals surface area contributed by atoms with Crippen LogP contribution in [0.4, 0.5) is 0 Å². The molecule has 0 aromatic heterocycles. The third-order valence-corrected chi connectivity index (χ3v) is 6.69. The van der Waals surface area contributed by atoms with Crippen LogP contribution in [-0.4, -0.2) is 59.1 Å². The van der Waals surface area contributed by atoms with E-state index >= 15 is 0 Å². The number of hydrogen-bond acceptors (Lipinski definition) is 7. The van der Waals surface area contributed by atoms with Crippen molar-refractivity contribution in [2.75, 3.05) is 19.7 Å². The molecule has 2 amide bonds. The average Bonchev–Trinajstić information content (AvgIpc) is 2.98. The molecule has 0 aliphatic rings. The van der Waals surface area contributed by atoms with Gasteiger partial charge < -0.3 is 24.8 Å². The molecule has 9 heteroatoms. The average molecular weight is 607 g/mol. The Morgan fingerprint density at radius 3 is 2.07 bits per heavy atom. The van der Waals surface area contributed by atoms with Gasteiger partial charge in [0.25, 0.3) is 0 Å². The highest BCUT2D eigenvalue weighted by atomic mass is 16.6. The van der Waals surface area contributed by atoms with Crippen molar-refractivity contribution in [3.63, 3.8) is 0 Å². The second kappa shape index (κ2) is 18.4. The fourth-order valence-corrected chi connectivity index (χ4v) is 4.56. The van der Waals surface area contributed by atoms with E-state index in [0.29, 0.717) is 12.1 Å². The Kier molecular flexibility index (Phi) is 15.1. The van der Waals surface area contributed by atoms with Crippen molar-refractivity contribution in [3.05, 3.63) is 97.1 Å². The van der Waals surface area contributed by atoms with Crippen LogP contribution in [-0.2, 0) is 35.2 Å². The van der Waals surface area contributed by atoms with E-state index < -0.39 is 41.4 Å². The van der Waals surface area contributed by atoms with Gasteiger partial charge in [0.05, 0.1) is 31.4 Å². The molecule has 2 aromatic rings. The molecule has 0 fully saturated rings. The third kappa shape index (κ3) is 13.0. The zero-order chi connectivity index (χ0) is 32.5. The molecule has 2 aromatic carbocycles. The number of rotatable bonds is 18. The van der Waals surface area contributed by atoms with E-state index in [4.69, 9.17) is 9.47 Å². The second-order valence-corrected chi connectivity index (χ2v) is 11.5. The lowest BCUT2D eigenvalue weighted by molar-refractivity contribution is -0.164. The highest BCUT2D eigenvalue weighted by molar-refractivity contribution is 5.86. The predicted octanol–water partition coefficient (Wildman–Crippen LogP) is 4.91. The fourth-order valence-electron chi connectivity index (χ4n) is 4.56. The lowest BCUT2D eigenvalue weighted by Crippen LogP contribution is -2.39. The summed E-state index contributed by atoms with van der Waals surface area (Å²) in [4.78, 5) is 53.8. The maximum atomic E-state index is 13.3. The first-order valence-corrected chi connectivity index (χ1v) is 14.9. The van der Waals surface area contributed by atoms with Gasteiger partial charge in [0.1, 0.15) is 11.7 Å². The molecule has 0 spiro atoms. The normalized spacial score (nSPS) is 13.1. The number of nitrogens with one attached hydrogen (secondary N) is 1. The van der Waals surface area contributed by atoms with Crippen molar-refractivity contribution in [1.29, 1.82) is 0 Å². The Morgan fingerprint density at radius 1 is 0.909 bits per heavy atom. The minimum absolute atomic E-state index is 0.0476. The van der Waals surface area contributed by atoms with Gasteiger partial charge in [-0.3, -0.25) is 19.2 Å². The molecule has 0 saturated heterocycles. The molecule has 2 rings (SSSR count). The Labute approximate surface area is 260 Å². The van der Waals surface area contributed by atoms with Gasteiger partial charge in [-0.05, 0) is 44.7 Å². The molecule has 0 heterocycles. The molecule has 0 unspecified atom stereocenters. The summed E-state index contributed by atoms with van der Waals surface area (Å²) in [6.45, 7) is 12.9. The van der Waals surface area contributed by atoms with Crippen molar-refractivity contribution >= 4 is 23.8 Å². The first kappa shape index (κ1) is 36.0. The Morgan fingerprint density at radius 2 is 1.50 bits per heavy atom. The van der Waals surface area contributed by atoms with Gasteiger partial charge in [-0.15, -0.1) is 13.2 Å². The van der Waals surface area contributed by atoms with Crippen LogP contribution in [0.3, 0.4) is 0 Å². The quantitative estimate of drug-likeness (QED) is 0.183. The Bertz CT molecular complexity index is 1220. The molecular formula is C35H46N2O7. The number of carbonyl (C=O) groups is 4. The SMILES string of the molecule is C=CC[C@@H](CC(=O)N(CCO)Cc1ccccc1)C(=O)NC[C@H](OC(=O)[C@@H](CC=C)CC(=O)OC(C)(C)C)c1ccccc1. The molecule has 238 valence electrons. The van der Waals surface area contributed by atoms with E-state index in [1.54, 1.807) is 57.2 Å². The summed E-state index contributed by atoms with van der Waals surface area (Å²) in [6.07, 6.45) is 2.49. The van der Waals surface area contributed by atoms with Crippen molar-refractivity contribution in [2.45, 2.75) is 64.7 Å². The van der Waals surface area contributed by atoms with E-state index in [0.717, 1.165) is 5.56 Å². The summed E-state index contributed by atoms with van der Waals surface area (Å²) in [5.74, 6) is -3.33. The van der Waals surface area contributed by atoms with Gasteiger partial charge in [-0.25, -0.2) is 0 Å². The van der Waals surface area contributed by atoms with Crippen LogP contribution in [0.15, 0.2) is 86.0 Å². The topological polar surface area (TPSA) is 122 Å². The smallest absolute Gasteiger partial charge is 0.310 e. The number of carbonyl (C=O) groups excluding carboxylic acids is 4. The number of nitrogens with zero attached hydrogens (tertiary/aromatic N) is 1. The van der Waals surface area contributed by atoms with Gasteiger partial charge in [0.15, 0.2) is 0 Å². The third-order valence-electron chi connectivity index (χ3n) is 6.69. The Balaban J connectivity index is 2.14. The fraction of sp³-hybridized carbons (Fsp3) is 0.429. The van der Waals surface area contributed by atoms with Crippen LogP contribution in [0, 0.1) is 11.8 Å². The van der Waals surface area contributed by atoms with E-state index in [-0.39, 0.29) is 51.3 Å². The van der Waals surface area contributed by atoms with Gasteiger partial charge in [-0.1, -0.05) is 72.8 Å². The van der Waals surface area contributed by atoms with Crippen LogP contribution in [0.5, 0.6) is 0 Å².